The first-order valence-electron chi connectivity index (χ1n) is 6.57. The maximum atomic E-state index is 13.4. The van der Waals surface area contributed by atoms with Crippen molar-refractivity contribution in [2.45, 2.75) is 0 Å². The molecule has 0 aliphatic rings. The lowest BCUT2D eigenvalue weighted by Crippen LogP contribution is -2.23. The number of anilines is 1. The SMILES string of the molecule is Cn1cc(C(=O)Nc2ccccn2)c(=O)c2cc(F)ccc21. The number of aromatic nitrogens is 2. The Hall–Kier alpha value is -3.02. The number of nitrogens with one attached hydrogen (secondary N) is 1. The zero-order chi connectivity index (χ0) is 15.7. The molecule has 0 bridgehead atoms. The fraction of sp³-hybridized carbons (Fsp3) is 0.0625. The number of rotatable bonds is 2. The second-order valence-corrected chi connectivity index (χ2v) is 4.81. The van der Waals surface area contributed by atoms with E-state index in [1.807, 2.05) is 0 Å². The summed E-state index contributed by atoms with van der Waals surface area (Å²) in [6.07, 6.45) is 2.96. The molecule has 3 rings (SSSR count). The number of hydrogen-bond donors (Lipinski definition) is 1. The van der Waals surface area contributed by atoms with Crippen LogP contribution in [0.2, 0.25) is 0 Å². The number of fused-ring (bicyclic) bond motifs is 1. The highest BCUT2D eigenvalue weighted by Crippen LogP contribution is 2.13. The Morgan fingerprint density at radius 2 is 2.09 bits per heavy atom. The average Bonchev–Trinajstić information content (AvgIpc) is 2.51. The Kier molecular flexibility index (Phi) is 3.42. The van der Waals surface area contributed by atoms with Crippen LogP contribution >= 0.6 is 0 Å². The molecule has 0 unspecified atom stereocenters. The van der Waals surface area contributed by atoms with Crippen molar-refractivity contribution >= 4 is 22.6 Å². The van der Waals surface area contributed by atoms with Gasteiger partial charge in [0.25, 0.3) is 5.91 Å². The van der Waals surface area contributed by atoms with Crippen molar-refractivity contribution in [1.29, 1.82) is 0 Å². The van der Waals surface area contributed by atoms with Gasteiger partial charge < -0.3 is 9.88 Å². The Balaban J connectivity index is 2.09. The van der Waals surface area contributed by atoms with Crippen LogP contribution in [0.15, 0.2) is 53.6 Å². The first-order chi connectivity index (χ1) is 10.6. The third-order valence-corrected chi connectivity index (χ3v) is 3.30. The maximum Gasteiger partial charge on any atom is 0.262 e. The van der Waals surface area contributed by atoms with Crippen LogP contribution in [-0.4, -0.2) is 15.5 Å². The summed E-state index contributed by atoms with van der Waals surface area (Å²) in [5, 5.41) is 2.71. The first-order valence-corrected chi connectivity index (χ1v) is 6.57. The van der Waals surface area contributed by atoms with Crippen LogP contribution in [0.25, 0.3) is 10.9 Å². The monoisotopic (exact) mass is 297 g/mol. The second kappa shape index (κ2) is 5.40. The highest BCUT2D eigenvalue weighted by molar-refractivity contribution is 6.05. The predicted molar refractivity (Wildman–Crippen MR) is 81.3 cm³/mol. The molecule has 22 heavy (non-hydrogen) atoms. The zero-order valence-electron chi connectivity index (χ0n) is 11.7. The molecule has 0 saturated carbocycles. The molecule has 0 radical (unpaired) electrons. The summed E-state index contributed by atoms with van der Waals surface area (Å²) in [6, 6.07) is 8.96. The molecule has 110 valence electrons. The molecule has 0 saturated heterocycles. The number of pyridine rings is 2. The minimum atomic E-state index is -0.578. The van der Waals surface area contributed by atoms with Gasteiger partial charge in [0.1, 0.15) is 17.2 Å². The van der Waals surface area contributed by atoms with E-state index in [0.29, 0.717) is 11.3 Å². The Morgan fingerprint density at radius 1 is 1.27 bits per heavy atom. The molecule has 0 aliphatic carbocycles. The van der Waals surface area contributed by atoms with Gasteiger partial charge in [0, 0.05) is 24.8 Å². The molecular weight excluding hydrogens is 285 g/mol. The lowest BCUT2D eigenvalue weighted by molar-refractivity contribution is 0.102. The van der Waals surface area contributed by atoms with Crippen molar-refractivity contribution in [3.63, 3.8) is 0 Å². The van der Waals surface area contributed by atoms with Crippen molar-refractivity contribution in [3.8, 4) is 0 Å². The summed E-state index contributed by atoms with van der Waals surface area (Å²) in [5.41, 5.74) is -0.0203. The van der Waals surface area contributed by atoms with Crippen molar-refractivity contribution < 1.29 is 9.18 Å². The van der Waals surface area contributed by atoms with Gasteiger partial charge in [-0.2, -0.15) is 0 Å². The first kappa shape index (κ1) is 13.9. The summed E-state index contributed by atoms with van der Waals surface area (Å²) in [5.74, 6) is -0.758. The maximum absolute atomic E-state index is 13.4. The number of halogens is 1. The van der Waals surface area contributed by atoms with E-state index in [9.17, 15) is 14.0 Å². The van der Waals surface area contributed by atoms with Crippen LogP contribution in [0.5, 0.6) is 0 Å². The standard InChI is InChI=1S/C16H12FN3O2/c1-20-9-12(16(22)19-14-4-2-3-7-18-14)15(21)11-8-10(17)5-6-13(11)20/h2-9H,1H3,(H,18,19,22). The Bertz CT molecular complexity index is 920. The lowest BCUT2D eigenvalue weighted by atomic mass is 10.1. The molecule has 5 nitrogen and oxygen atoms in total. The van der Waals surface area contributed by atoms with Gasteiger partial charge >= 0.3 is 0 Å². The molecule has 1 aromatic carbocycles. The number of amides is 1. The Labute approximate surface area is 125 Å². The summed E-state index contributed by atoms with van der Waals surface area (Å²) in [6.45, 7) is 0. The number of benzene rings is 1. The summed E-state index contributed by atoms with van der Waals surface area (Å²) < 4.78 is 15.0. The molecule has 0 fully saturated rings. The van der Waals surface area contributed by atoms with Crippen molar-refractivity contribution in [1.82, 2.24) is 9.55 Å². The van der Waals surface area contributed by atoms with Gasteiger partial charge in [0.2, 0.25) is 5.43 Å². The van der Waals surface area contributed by atoms with Crippen molar-refractivity contribution in [2.24, 2.45) is 7.05 Å². The number of carbonyl (C=O) groups excluding carboxylic acids is 1. The van der Waals surface area contributed by atoms with E-state index < -0.39 is 17.2 Å². The normalized spacial score (nSPS) is 10.6. The molecular formula is C16H12FN3O2. The van der Waals surface area contributed by atoms with E-state index in [2.05, 4.69) is 10.3 Å². The van der Waals surface area contributed by atoms with Gasteiger partial charge in [-0.05, 0) is 30.3 Å². The van der Waals surface area contributed by atoms with Gasteiger partial charge in [-0.3, -0.25) is 9.59 Å². The third kappa shape index (κ3) is 2.46. The molecule has 1 N–H and O–H groups in total. The van der Waals surface area contributed by atoms with Gasteiger partial charge in [0.15, 0.2) is 0 Å². The topological polar surface area (TPSA) is 64.0 Å². The van der Waals surface area contributed by atoms with Crippen molar-refractivity contribution in [3.05, 3.63) is 70.4 Å². The fourth-order valence-electron chi connectivity index (χ4n) is 2.25. The van der Waals surface area contributed by atoms with Crippen LogP contribution in [-0.2, 0) is 7.05 Å². The summed E-state index contributed by atoms with van der Waals surface area (Å²) >= 11 is 0. The molecule has 2 heterocycles. The summed E-state index contributed by atoms with van der Waals surface area (Å²) in [4.78, 5) is 28.6. The van der Waals surface area contributed by atoms with E-state index in [4.69, 9.17) is 0 Å². The predicted octanol–water partition coefficient (Wildman–Crippen LogP) is 2.32. The second-order valence-electron chi connectivity index (χ2n) is 4.81. The highest BCUT2D eigenvalue weighted by Gasteiger charge is 2.15. The highest BCUT2D eigenvalue weighted by atomic mass is 19.1. The molecule has 1 amide bonds. The largest absolute Gasteiger partial charge is 0.350 e. The van der Waals surface area contributed by atoms with Gasteiger partial charge in [-0.1, -0.05) is 6.07 Å². The number of aryl methyl sites for hydroxylation is 1. The van der Waals surface area contributed by atoms with Gasteiger partial charge in [0.05, 0.1) is 5.52 Å². The molecule has 3 aromatic rings. The average molecular weight is 297 g/mol. The van der Waals surface area contributed by atoms with Gasteiger partial charge in [-0.15, -0.1) is 0 Å². The molecule has 0 aliphatic heterocycles. The van der Waals surface area contributed by atoms with Gasteiger partial charge in [-0.25, -0.2) is 9.37 Å². The van der Waals surface area contributed by atoms with Crippen LogP contribution < -0.4 is 10.7 Å². The van der Waals surface area contributed by atoms with E-state index in [-0.39, 0.29) is 10.9 Å². The minimum Gasteiger partial charge on any atom is -0.350 e. The van der Waals surface area contributed by atoms with Crippen molar-refractivity contribution in [2.75, 3.05) is 5.32 Å². The molecule has 0 atom stereocenters. The van der Waals surface area contributed by atoms with E-state index in [1.54, 1.807) is 29.8 Å². The third-order valence-electron chi connectivity index (χ3n) is 3.30. The molecule has 2 aromatic heterocycles. The quantitative estimate of drug-likeness (QED) is 0.789. The smallest absolute Gasteiger partial charge is 0.262 e. The zero-order valence-corrected chi connectivity index (χ0v) is 11.7. The summed E-state index contributed by atoms with van der Waals surface area (Å²) in [7, 11) is 1.69. The van der Waals surface area contributed by atoms with Crippen LogP contribution in [0.3, 0.4) is 0 Å². The van der Waals surface area contributed by atoms with E-state index in [0.717, 1.165) is 6.07 Å². The van der Waals surface area contributed by atoms with Crippen LogP contribution in [0.4, 0.5) is 10.2 Å². The fourth-order valence-corrected chi connectivity index (χ4v) is 2.25. The minimum absolute atomic E-state index is 0.0637. The van der Waals surface area contributed by atoms with E-state index in [1.165, 1.54) is 24.5 Å². The van der Waals surface area contributed by atoms with Crippen LogP contribution in [0, 0.1) is 5.82 Å². The lowest BCUT2D eigenvalue weighted by Gasteiger charge is -2.09. The number of hydrogen-bond acceptors (Lipinski definition) is 3. The van der Waals surface area contributed by atoms with Crippen LogP contribution in [0.1, 0.15) is 10.4 Å². The van der Waals surface area contributed by atoms with E-state index >= 15 is 0 Å². The number of nitrogens with zero attached hydrogens (tertiary/aromatic N) is 2. The molecule has 6 heteroatoms. The number of carbonyl (C=O) groups is 1. The molecule has 0 spiro atoms. The Morgan fingerprint density at radius 3 is 2.82 bits per heavy atom.